The number of thioether (sulfide) groups is 1. The van der Waals surface area contributed by atoms with Crippen molar-refractivity contribution in [3.8, 4) is 0 Å². The number of aliphatic imine (C=N–C) groups is 2. The predicted molar refractivity (Wildman–Crippen MR) is 58.1 cm³/mol. The van der Waals surface area contributed by atoms with Crippen molar-refractivity contribution >= 4 is 34.7 Å². The number of carbonyl (C=O) groups is 2. The first-order valence-electron chi connectivity index (χ1n) is 4.51. The Bertz CT molecular complexity index is 388. The Morgan fingerprint density at radius 1 is 1.40 bits per heavy atom. The number of imide groups is 1. The molecule has 2 aliphatic heterocycles. The molecular formula is C8H10N4O2S. The van der Waals surface area contributed by atoms with E-state index in [1.807, 2.05) is 13.8 Å². The summed E-state index contributed by atoms with van der Waals surface area (Å²) in [7, 11) is 0. The SMILES string of the molecule is CC(C)N=C1N=C2NC(=O)NC(=O)C2S1. The lowest BCUT2D eigenvalue weighted by atomic mass is 10.3. The Labute approximate surface area is 90.6 Å². The lowest BCUT2D eigenvalue weighted by Gasteiger charge is -2.17. The van der Waals surface area contributed by atoms with E-state index >= 15 is 0 Å². The first-order chi connectivity index (χ1) is 7.06. The first kappa shape index (κ1) is 10.2. The Morgan fingerprint density at radius 2 is 2.13 bits per heavy atom. The third kappa shape index (κ3) is 2.01. The topological polar surface area (TPSA) is 82.9 Å². The summed E-state index contributed by atoms with van der Waals surface area (Å²) in [5.41, 5.74) is 0. The molecule has 2 heterocycles. The second-order valence-electron chi connectivity index (χ2n) is 3.44. The number of hydrogen-bond acceptors (Lipinski definition) is 4. The van der Waals surface area contributed by atoms with Crippen LogP contribution in [-0.2, 0) is 4.79 Å². The lowest BCUT2D eigenvalue weighted by molar-refractivity contribution is -0.118. The highest BCUT2D eigenvalue weighted by Gasteiger charge is 2.38. The third-order valence-electron chi connectivity index (χ3n) is 1.77. The monoisotopic (exact) mass is 226 g/mol. The summed E-state index contributed by atoms with van der Waals surface area (Å²) < 4.78 is 0. The molecule has 15 heavy (non-hydrogen) atoms. The summed E-state index contributed by atoms with van der Waals surface area (Å²) in [5.74, 6) is 0.0459. The number of nitrogens with one attached hydrogen (secondary N) is 2. The minimum absolute atomic E-state index is 0.121. The Kier molecular flexibility index (Phi) is 2.47. The molecule has 1 atom stereocenters. The van der Waals surface area contributed by atoms with Crippen LogP contribution in [0.5, 0.6) is 0 Å². The van der Waals surface area contributed by atoms with Crippen LogP contribution in [0.25, 0.3) is 0 Å². The lowest BCUT2D eigenvalue weighted by Crippen LogP contribution is -2.56. The van der Waals surface area contributed by atoms with Crippen molar-refractivity contribution in [3.63, 3.8) is 0 Å². The Hall–Kier alpha value is -1.37. The maximum absolute atomic E-state index is 11.4. The quantitative estimate of drug-likeness (QED) is 0.665. The van der Waals surface area contributed by atoms with Crippen molar-refractivity contribution in [2.45, 2.75) is 25.1 Å². The molecule has 0 aromatic heterocycles. The minimum Gasteiger partial charge on any atom is -0.294 e. The van der Waals surface area contributed by atoms with Crippen molar-refractivity contribution in [3.05, 3.63) is 0 Å². The molecule has 2 N–H and O–H groups in total. The van der Waals surface area contributed by atoms with E-state index in [9.17, 15) is 9.59 Å². The van der Waals surface area contributed by atoms with Gasteiger partial charge >= 0.3 is 6.03 Å². The maximum Gasteiger partial charge on any atom is 0.326 e. The summed E-state index contributed by atoms with van der Waals surface area (Å²) in [5, 5.41) is 4.75. The van der Waals surface area contributed by atoms with E-state index in [1.165, 1.54) is 11.8 Å². The van der Waals surface area contributed by atoms with E-state index < -0.39 is 11.3 Å². The second kappa shape index (κ2) is 3.65. The molecule has 0 aromatic rings. The van der Waals surface area contributed by atoms with Gasteiger partial charge in [0.2, 0.25) is 5.91 Å². The van der Waals surface area contributed by atoms with Gasteiger partial charge in [-0.3, -0.25) is 20.4 Å². The Balaban J connectivity index is 2.23. The van der Waals surface area contributed by atoms with E-state index in [4.69, 9.17) is 0 Å². The van der Waals surface area contributed by atoms with Crippen LogP contribution < -0.4 is 10.6 Å². The summed E-state index contributed by atoms with van der Waals surface area (Å²) in [6.45, 7) is 3.85. The normalized spacial score (nSPS) is 27.5. The molecule has 1 unspecified atom stereocenters. The fourth-order valence-corrected chi connectivity index (χ4v) is 2.25. The van der Waals surface area contributed by atoms with Gasteiger partial charge in [0, 0.05) is 6.04 Å². The van der Waals surface area contributed by atoms with E-state index in [1.54, 1.807) is 0 Å². The van der Waals surface area contributed by atoms with Crippen molar-refractivity contribution in [2.24, 2.45) is 9.98 Å². The number of hydrogen-bond donors (Lipinski definition) is 2. The van der Waals surface area contributed by atoms with Crippen molar-refractivity contribution in [2.75, 3.05) is 0 Å². The van der Waals surface area contributed by atoms with Crippen LogP contribution >= 0.6 is 11.8 Å². The van der Waals surface area contributed by atoms with Gasteiger partial charge in [0.25, 0.3) is 0 Å². The van der Waals surface area contributed by atoms with Crippen molar-refractivity contribution in [1.29, 1.82) is 0 Å². The molecule has 6 nitrogen and oxygen atoms in total. The van der Waals surface area contributed by atoms with Gasteiger partial charge in [0.15, 0.2) is 5.17 Å². The molecular weight excluding hydrogens is 216 g/mol. The molecule has 7 heteroatoms. The molecule has 0 aromatic carbocycles. The van der Waals surface area contributed by atoms with Crippen LogP contribution in [0.1, 0.15) is 13.8 Å². The molecule has 1 fully saturated rings. The number of rotatable bonds is 1. The summed E-state index contributed by atoms with van der Waals surface area (Å²) in [4.78, 5) is 30.7. The number of amidine groups is 2. The summed E-state index contributed by atoms with van der Waals surface area (Å²) in [6.07, 6.45) is 0. The number of fused-ring (bicyclic) bond motifs is 1. The molecule has 3 amide bonds. The van der Waals surface area contributed by atoms with Gasteiger partial charge in [-0.25, -0.2) is 9.79 Å². The van der Waals surface area contributed by atoms with Gasteiger partial charge in [-0.05, 0) is 13.8 Å². The zero-order valence-electron chi connectivity index (χ0n) is 8.27. The van der Waals surface area contributed by atoms with Crippen LogP contribution in [0.4, 0.5) is 4.79 Å². The summed E-state index contributed by atoms with van der Waals surface area (Å²) in [6, 6.07) is -0.405. The van der Waals surface area contributed by atoms with Crippen LogP contribution in [0.15, 0.2) is 9.98 Å². The van der Waals surface area contributed by atoms with Gasteiger partial charge in [-0.15, -0.1) is 0 Å². The van der Waals surface area contributed by atoms with Gasteiger partial charge in [-0.1, -0.05) is 11.8 Å². The summed E-state index contributed by atoms with van der Waals surface area (Å²) >= 11 is 1.25. The average molecular weight is 226 g/mol. The molecule has 0 aliphatic carbocycles. The molecule has 80 valence electrons. The molecule has 1 saturated heterocycles. The fourth-order valence-electron chi connectivity index (χ4n) is 1.23. The van der Waals surface area contributed by atoms with Gasteiger partial charge < -0.3 is 0 Å². The first-order valence-corrected chi connectivity index (χ1v) is 5.39. The molecule has 0 saturated carbocycles. The zero-order valence-corrected chi connectivity index (χ0v) is 9.09. The molecule has 0 spiro atoms. The van der Waals surface area contributed by atoms with Crippen molar-refractivity contribution < 1.29 is 9.59 Å². The number of nitrogens with zero attached hydrogens (tertiary/aromatic N) is 2. The number of amides is 3. The highest BCUT2D eigenvalue weighted by Crippen LogP contribution is 2.24. The van der Waals surface area contributed by atoms with Crippen LogP contribution in [0.2, 0.25) is 0 Å². The fraction of sp³-hybridized carbons (Fsp3) is 0.500. The van der Waals surface area contributed by atoms with Gasteiger partial charge in [0.1, 0.15) is 11.1 Å². The predicted octanol–water partition coefficient (Wildman–Crippen LogP) is 0.104. The van der Waals surface area contributed by atoms with Crippen molar-refractivity contribution in [1.82, 2.24) is 10.6 Å². The minimum atomic E-state index is -0.526. The van der Waals surface area contributed by atoms with Crippen LogP contribution in [0.3, 0.4) is 0 Å². The van der Waals surface area contributed by atoms with Gasteiger partial charge in [0.05, 0.1) is 0 Å². The number of urea groups is 1. The highest BCUT2D eigenvalue weighted by molar-refractivity contribution is 8.16. The van der Waals surface area contributed by atoms with Gasteiger partial charge in [-0.2, -0.15) is 0 Å². The largest absolute Gasteiger partial charge is 0.326 e. The standard InChI is InChI=1S/C8H10N4O2S/c1-3(2)9-8-11-5-4(15-8)6(13)12-7(14)10-5/h3-4H,1-2H3,(H2,9,10,11,12,13,14). The zero-order chi connectivity index (χ0) is 11.0. The van der Waals surface area contributed by atoms with E-state index in [0.29, 0.717) is 11.0 Å². The second-order valence-corrected chi connectivity index (χ2v) is 4.52. The average Bonchev–Trinajstić information content (AvgIpc) is 2.45. The van der Waals surface area contributed by atoms with E-state index in [0.717, 1.165) is 0 Å². The molecule has 0 radical (unpaired) electrons. The molecule has 2 aliphatic rings. The smallest absolute Gasteiger partial charge is 0.294 e. The highest BCUT2D eigenvalue weighted by atomic mass is 32.2. The molecule has 0 bridgehead atoms. The van der Waals surface area contributed by atoms with E-state index in [-0.39, 0.29) is 11.9 Å². The van der Waals surface area contributed by atoms with E-state index in [2.05, 4.69) is 20.6 Å². The maximum atomic E-state index is 11.4. The third-order valence-corrected chi connectivity index (χ3v) is 2.85. The molecule has 2 rings (SSSR count). The number of carbonyl (C=O) groups excluding carboxylic acids is 2. The Morgan fingerprint density at radius 3 is 2.80 bits per heavy atom. The van der Waals surface area contributed by atoms with Crippen LogP contribution in [0, 0.1) is 0 Å². The van der Waals surface area contributed by atoms with Crippen LogP contribution in [-0.4, -0.2) is 34.2 Å².